The summed E-state index contributed by atoms with van der Waals surface area (Å²) in [6.07, 6.45) is 2.38. The molecule has 1 aliphatic rings. The van der Waals surface area contributed by atoms with Crippen molar-refractivity contribution in [2.45, 2.75) is 25.9 Å². The molecule has 3 rings (SSSR count). The molecule has 0 saturated heterocycles. The van der Waals surface area contributed by atoms with E-state index >= 15 is 0 Å². The second-order valence-corrected chi connectivity index (χ2v) is 5.99. The molecular weight excluding hydrogens is 295 g/mol. The van der Waals surface area contributed by atoms with Crippen molar-refractivity contribution in [3.05, 3.63) is 53.6 Å². The molecule has 1 N–H and O–H groups in total. The van der Waals surface area contributed by atoms with E-state index in [1.54, 1.807) is 18.2 Å². The van der Waals surface area contributed by atoms with Crippen molar-refractivity contribution in [1.29, 1.82) is 0 Å². The molecule has 0 atom stereocenters. The molecule has 120 valence electrons. The van der Waals surface area contributed by atoms with E-state index in [1.807, 2.05) is 24.3 Å². The van der Waals surface area contributed by atoms with E-state index in [0.717, 1.165) is 22.4 Å². The molecule has 1 saturated carbocycles. The molecule has 23 heavy (non-hydrogen) atoms. The van der Waals surface area contributed by atoms with Gasteiger partial charge in [0.25, 0.3) is 0 Å². The first-order chi connectivity index (χ1) is 11.2. The lowest BCUT2D eigenvalue weighted by Crippen LogP contribution is -2.03. The number of hydrogen-bond donors (Lipinski definition) is 1. The van der Waals surface area contributed by atoms with E-state index in [2.05, 4.69) is 0 Å². The zero-order valence-electron chi connectivity index (χ0n) is 12.8. The molecule has 0 amide bonds. The first-order valence-corrected chi connectivity index (χ1v) is 7.78. The molecular formula is C19H19FO3. The van der Waals surface area contributed by atoms with E-state index in [9.17, 15) is 9.18 Å². The summed E-state index contributed by atoms with van der Waals surface area (Å²) in [5, 5.41) is 8.98. The molecule has 0 heterocycles. The highest BCUT2D eigenvalue weighted by Crippen LogP contribution is 2.34. The number of rotatable bonds is 7. The monoisotopic (exact) mass is 314 g/mol. The second kappa shape index (κ2) is 6.82. The zero-order chi connectivity index (χ0) is 16.2. The highest BCUT2D eigenvalue weighted by molar-refractivity contribution is 5.75. The maximum absolute atomic E-state index is 12.7. The summed E-state index contributed by atoms with van der Waals surface area (Å²) in [6.45, 7) is 0.193. The number of carboxylic acids is 1. The highest BCUT2D eigenvalue weighted by atomic mass is 19.1. The fraction of sp³-hybridized carbons (Fsp3) is 0.316. The summed E-state index contributed by atoms with van der Waals surface area (Å²) >= 11 is 0. The second-order valence-electron chi connectivity index (χ2n) is 5.99. The number of aliphatic carboxylic acids is 1. The van der Waals surface area contributed by atoms with Gasteiger partial charge >= 0.3 is 5.97 Å². The van der Waals surface area contributed by atoms with Gasteiger partial charge in [0, 0.05) is 5.56 Å². The Labute approximate surface area is 134 Å². The van der Waals surface area contributed by atoms with Gasteiger partial charge in [-0.1, -0.05) is 30.3 Å². The van der Waals surface area contributed by atoms with Gasteiger partial charge in [-0.2, -0.15) is 0 Å². The number of benzene rings is 2. The van der Waals surface area contributed by atoms with Crippen molar-refractivity contribution < 1.29 is 19.0 Å². The van der Waals surface area contributed by atoms with Crippen molar-refractivity contribution in [3.8, 4) is 16.9 Å². The van der Waals surface area contributed by atoms with Crippen molar-refractivity contribution in [1.82, 2.24) is 0 Å². The lowest BCUT2D eigenvalue weighted by atomic mass is 9.99. The Morgan fingerprint density at radius 1 is 1.13 bits per heavy atom. The third-order valence-electron chi connectivity index (χ3n) is 3.99. The number of alkyl halides is 1. The molecule has 1 aliphatic carbocycles. The van der Waals surface area contributed by atoms with Crippen LogP contribution in [0.4, 0.5) is 4.39 Å². The van der Waals surface area contributed by atoms with Crippen molar-refractivity contribution in [3.63, 3.8) is 0 Å². The molecule has 2 aromatic rings. The molecule has 0 unspecified atom stereocenters. The topological polar surface area (TPSA) is 46.5 Å². The van der Waals surface area contributed by atoms with Gasteiger partial charge in [-0.25, -0.2) is 4.39 Å². The van der Waals surface area contributed by atoms with Gasteiger partial charge in [0.2, 0.25) is 0 Å². The van der Waals surface area contributed by atoms with Gasteiger partial charge in [0.05, 0.1) is 13.0 Å². The van der Waals surface area contributed by atoms with Gasteiger partial charge in [-0.3, -0.25) is 4.79 Å². The Morgan fingerprint density at radius 3 is 2.43 bits per heavy atom. The highest BCUT2D eigenvalue weighted by Gasteiger charge is 2.22. The lowest BCUT2D eigenvalue weighted by Gasteiger charge is -2.13. The van der Waals surface area contributed by atoms with Crippen LogP contribution in [0, 0.1) is 5.92 Å². The predicted molar refractivity (Wildman–Crippen MR) is 86.2 cm³/mol. The number of halogens is 1. The maximum Gasteiger partial charge on any atom is 0.307 e. The number of ether oxygens (including phenoxy) is 1. The average Bonchev–Trinajstić information content (AvgIpc) is 3.37. The SMILES string of the molecule is O=C(O)Cc1ccc(OCC2CC2)c(-c2ccc(CF)cc2)c1. The van der Waals surface area contributed by atoms with Crippen LogP contribution in [0.15, 0.2) is 42.5 Å². The summed E-state index contributed by atoms with van der Waals surface area (Å²) in [6, 6.07) is 12.6. The van der Waals surface area contributed by atoms with Gasteiger partial charge in [0.15, 0.2) is 0 Å². The van der Waals surface area contributed by atoms with Crippen molar-refractivity contribution in [2.24, 2.45) is 5.92 Å². The van der Waals surface area contributed by atoms with E-state index in [0.29, 0.717) is 18.1 Å². The first-order valence-electron chi connectivity index (χ1n) is 7.78. The molecule has 0 spiro atoms. The van der Waals surface area contributed by atoms with Crippen LogP contribution >= 0.6 is 0 Å². The van der Waals surface area contributed by atoms with Crippen molar-refractivity contribution >= 4 is 5.97 Å². The van der Waals surface area contributed by atoms with Gasteiger partial charge in [-0.05, 0) is 47.6 Å². The summed E-state index contributed by atoms with van der Waals surface area (Å²) in [5.41, 5.74) is 3.10. The molecule has 0 aromatic heterocycles. The molecule has 2 aromatic carbocycles. The van der Waals surface area contributed by atoms with Crippen LogP contribution in [-0.2, 0) is 17.9 Å². The van der Waals surface area contributed by atoms with E-state index in [1.165, 1.54) is 12.8 Å². The summed E-state index contributed by atoms with van der Waals surface area (Å²) in [4.78, 5) is 10.9. The van der Waals surface area contributed by atoms with Crippen LogP contribution < -0.4 is 4.74 Å². The minimum Gasteiger partial charge on any atom is -0.493 e. The van der Waals surface area contributed by atoms with Crippen LogP contribution in [0.5, 0.6) is 5.75 Å². The van der Waals surface area contributed by atoms with E-state index in [4.69, 9.17) is 9.84 Å². The van der Waals surface area contributed by atoms with Crippen LogP contribution in [0.25, 0.3) is 11.1 Å². The largest absolute Gasteiger partial charge is 0.493 e. The molecule has 0 aliphatic heterocycles. The van der Waals surface area contributed by atoms with E-state index < -0.39 is 12.6 Å². The number of carboxylic acid groups (broad SMARTS) is 1. The fourth-order valence-electron chi connectivity index (χ4n) is 2.48. The van der Waals surface area contributed by atoms with Gasteiger partial charge in [0.1, 0.15) is 12.4 Å². The number of hydrogen-bond acceptors (Lipinski definition) is 2. The van der Waals surface area contributed by atoms with Crippen molar-refractivity contribution in [2.75, 3.05) is 6.61 Å². The molecule has 4 heteroatoms. The standard InChI is InChI=1S/C19H19FO3/c20-11-13-3-6-16(7-4-13)17-9-15(10-19(21)22)5-8-18(17)23-12-14-1-2-14/h3-9,14H,1-2,10-12H2,(H,21,22). The Hall–Kier alpha value is -2.36. The molecule has 0 radical (unpaired) electrons. The Morgan fingerprint density at radius 2 is 1.83 bits per heavy atom. The maximum atomic E-state index is 12.7. The number of carbonyl (C=O) groups is 1. The van der Waals surface area contributed by atoms with E-state index in [-0.39, 0.29) is 6.42 Å². The molecule has 0 bridgehead atoms. The fourth-order valence-corrected chi connectivity index (χ4v) is 2.48. The van der Waals surface area contributed by atoms with Gasteiger partial charge in [-0.15, -0.1) is 0 Å². The lowest BCUT2D eigenvalue weighted by molar-refractivity contribution is -0.136. The quantitative estimate of drug-likeness (QED) is 0.831. The van der Waals surface area contributed by atoms with Crippen LogP contribution in [0.2, 0.25) is 0 Å². The van der Waals surface area contributed by atoms with Crippen LogP contribution in [-0.4, -0.2) is 17.7 Å². The minimum atomic E-state index is -0.865. The van der Waals surface area contributed by atoms with Crippen LogP contribution in [0.3, 0.4) is 0 Å². The smallest absolute Gasteiger partial charge is 0.307 e. The minimum absolute atomic E-state index is 0.0293. The summed E-state index contributed by atoms with van der Waals surface area (Å²) in [7, 11) is 0. The zero-order valence-corrected chi connectivity index (χ0v) is 12.8. The summed E-state index contributed by atoms with van der Waals surface area (Å²) < 4.78 is 18.6. The third kappa shape index (κ3) is 4.09. The molecule has 1 fully saturated rings. The molecule has 3 nitrogen and oxygen atoms in total. The predicted octanol–water partition coefficient (Wildman–Crippen LogP) is 4.24. The third-order valence-corrected chi connectivity index (χ3v) is 3.99. The van der Waals surface area contributed by atoms with Gasteiger partial charge < -0.3 is 9.84 Å². The van der Waals surface area contributed by atoms with Crippen LogP contribution in [0.1, 0.15) is 24.0 Å². The summed E-state index contributed by atoms with van der Waals surface area (Å²) in [5.74, 6) is 0.518. The normalized spacial score (nSPS) is 13.8. The Balaban J connectivity index is 1.91. The average molecular weight is 314 g/mol. The Bertz CT molecular complexity index is 690. The first kappa shape index (κ1) is 15.5. The Kier molecular flexibility index (Phi) is 4.60.